The zero-order valence-electron chi connectivity index (χ0n) is 16.9. The van der Waals surface area contributed by atoms with Gasteiger partial charge in [-0.15, -0.1) is 11.3 Å². The molecule has 1 fully saturated rings. The fourth-order valence-electron chi connectivity index (χ4n) is 4.03. The summed E-state index contributed by atoms with van der Waals surface area (Å²) in [4.78, 5) is 12.1. The van der Waals surface area contributed by atoms with Crippen molar-refractivity contribution in [3.8, 4) is 6.07 Å². The first kappa shape index (κ1) is 18.8. The number of hydrogen-bond acceptors (Lipinski definition) is 5. The average Bonchev–Trinajstić information content (AvgIpc) is 3.21. The van der Waals surface area contributed by atoms with Gasteiger partial charge in [0.25, 0.3) is 0 Å². The van der Waals surface area contributed by atoms with Crippen molar-refractivity contribution in [1.29, 1.82) is 5.26 Å². The summed E-state index contributed by atoms with van der Waals surface area (Å²) in [6.07, 6.45) is 5.59. The van der Waals surface area contributed by atoms with E-state index in [0.717, 1.165) is 50.6 Å². The van der Waals surface area contributed by atoms with Gasteiger partial charge in [-0.05, 0) is 62.1 Å². The smallest absolute Gasteiger partial charge is 0.136 e. The van der Waals surface area contributed by atoms with Crippen LogP contribution in [0, 0.1) is 18.3 Å². The molecule has 1 aliphatic rings. The minimum absolute atomic E-state index is 0.586. The zero-order chi connectivity index (χ0) is 20.5. The Balaban J connectivity index is 1.66. The van der Waals surface area contributed by atoms with Gasteiger partial charge >= 0.3 is 0 Å². The molecule has 0 aliphatic carbocycles. The number of fused-ring (bicyclic) bond motifs is 2. The quantitative estimate of drug-likeness (QED) is 0.377. The van der Waals surface area contributed by atoms with Gasteiger partial charge in [-0.3, -0.25) is 0 Å². The highest BCUT2D eigenvalue weighted by atomic mass is 32.1. The summed E-state index contributed by atoms with van der Waals surface area (Å²) in [6, 6.07) is 18.9. The average molecular weight is 411 g/mol. The predicted octanol–water partition coefficient (Wildman–Crippen LogP) is 6.21. The molecule has 4 aromatic rings. The normalized spacial score (nSPS) is 14.9. The molecule has 5 heteroatoms. The van der Waals surface area contributed by atoms with Crippen molar-refractivity contribution in [2.24, 2.45) is 0 Å². The minimum Gasteiger partial charge on any atom is -0.356 e. The lowest BCUT2D eigenvalue weighted by Crippen LogP contribution is -2.30. The van der Waals surface area contributed by atoms with Crippen molar-refractivity contribution in [1.82, 2.24) is 9.97 Å². The van der Waals surface area contributed by atoms with E-state index in [4.69, 9.17) is 4.98 Å². The Kier molecular flexibility index (Phi) is 4.94. The number of piperidine rings is 1. The molecular weight excluding hydrogens is 388 g/mol. The predicted molar refractivity (Wildman–Crippen MR) is 126 cm³/mol. The van der Waals surface area contributed by atoms with Crippen LogP contribution in [-0.4, -0.2) is 23.1 Å². The molecule has 0 N–H and O–H groups in total. The van der Waals surface area contributed by atoms with Crippen LogP contribution in [0.2, 0.25) is 0 Å². The van der Waals surface area contributed by atoms with Crippen LogP contribution in [0.25, 0.3) is 32.8 Å². The van der Waals surface area contributed by atoms with Gasteiger partial charge in [0.1, 0.15) is 16.9 Å². The van der Waals surface area contributed by atoms with Crippen molar-refractivity contribution in [2.45, 2.75) is 26.2 Å². The summed E-state index contributed by atoms with van der Waals surface area (Å²) < 4.78 is 1.09. The molecule has 1 saturated heterocycles. The van der Waals surface area contributed by atoms with Crippen molar-refractivity contribution in [3.63, 3.8) is 0 Å². The molecule has 0 bridgehead atoms. The van der Waals surface area contributed by atoms with Gasteiger partial charge in [0.15, 0.2) is 0 Å². The lowest BCUT2D eigenvalue weighted by atomic mass is 10.1. The number of thiazole rings is 1. The number of nitriles is 1. The van der Waals surface area contributed by atoms with Crippen LogP contribution >= 0.6 is 11.3 Å². The Morgan fingerprint density at radius 3 is 2.67 bits per heavy atom. The van der Waals surface area contributed by atoms with Crippen molar-refractivity contribution >= 4 is 49.9 Å². The fourth-order valence-corrected chi connectivity index (χ4v) is 4.96. The van der Waals surface area contributed by atoms with E-state index >= 15 is 0 Å². The SMILES string of the molecule is Cc1ccc2cc(/C=C(\C#N)c3nc4ccccc4s3)c(N3CCCCC3)nc2c1. The summed E-state index contributed by atoms with van der Waals surface area (Å²) >= 11 is 1.56. The molecule has 2 aromatic heterocycles. The molecule has 2 aromatic carbocycles. The monoisotopic (exact) mass is 410 g/mol. The van der Waals surface area contributed by atoms with Crippen LogP contribution in [0.1, 0.15) is 35.4 Å². The maximum Gasteiger partial charge on any atom is 0.136 e. The molecule has 148 valence electrons. The van der Waals surface area contributed by atoms with E-state index in [-0.39, 0.29) is 0 Å². The van der Waals surface area contributed by atoms with E-state index in [1.54, 1.807) is 11.3 Å². The molecule has 1 aliphatic heterocycles. The van der Waals surface area contributed by atoms with Gasteiger partial charge in [-0.1, -0.05) is 24.3 Å². The lowest BCUT2D eigenvalue weighted by Gasteiger charge is -2.29. The molecule has 0 radical (unpaired) electrons. The van der Waals surface area contributed by atoms with E-state index in [1.165, 1.54) is 24.8 Å². The molecule has 0 unspecified atom stereocenters. The molecule has 0 amide bonds. The Hall–Kier alpha value is -3.23. The first-order chi connectivity index (χ1) is 14.7. The highest BCUT2D eigenvalue weighted by Crippen LogP contribution is 2.32. The molecule has 5 rings (SSSR count). The number of benzene rings is 2. The van der Waals surface area contributed by atoms with Crippen molar-refractivity contribution in [2.75, 3.05) is 18.0 Å². The number of nitrogens with zero attached hydrogens (tertiary/aromatic N) is 4. The molecule has 0 atom stereocenters. The largest absolute Gasteiger partial charge is 0.356 e. The number of para-hydroxylation sites is 1. The zero-order valence-corrected chi connectivity index (χ0v) is 17.7. The Bertz CT molecular complexity index is 1270. The summed E-state index contributed by atoms with van der Waals surface area (Å²) in [7, 11) is 0. The lowest BCUT2D eigenvalue weighted by molar-refractivity contribution is 0.574. The molecule has 0 saturated carbocycles. The highest BCUT2D eigenvalue weighted by molar-refractivity contribution is 7.19. The van der Waals surface area contributed by atoms with E-state index < -0.39 is 0 Å². The van der Waals surface area contributed by atoms with Crippen LogP contribution in [0.5, 0.6) is 0 Å². The standard InChI is InChI=1S/C25H22N4S/c1-17-9-10-18-14-19(24(27-22(18)13-17)29-11-5-2-6-12-29)15-20(16-26)25-28-21-7-3-4-8-23(21)30-25/h3-4,7-10,13-15H,2,5-6,11-12H2,1H3/b20-15+. The van der Waals surface area contributed by atoms with Gasteiger partial charge in [0, 0.05) is 24.0 Å². The van der Waals surface area contributed by atoms with Crippen LogP contribution in [-0.2, 0) is 0 Å². The van der Waals surface area contributed by atoms with Crippen molar-refractivity contribution in [3.05, 3.63) is 64.7 Å². The number of rotatable bonds is 3. The Morgan fingerprint density at radius 1 is 1.03 bits per heavy atom. The van der Waals surface area contributed by atoms with Gasteiger partial charge in [0.05, 0.1) is 21.3 Å². The highest BCUT2D eigenvalue weighted by Gasteiger charge is 2.18. The van der Waals surface area contributed by atoms with Gasteiger partial charge in [0.2, 0.25) is 0 Å². The number of allylic oxidation sites excluding steroid dienone is 1. The Morgan fingerprint density at radius 2 is 1.87 bits per heavy atom. The van der Waals surface area contributed by atoms with E-state index in [2.05, 4.69) is 47.1 Å². The van der Waals surface area contributed by atoms with Gasteiger partial charge in [-0.2, -0.15) is 5.26 Å². The minimum atomic E-state index is 0.586. The third-order valence-corrected chi connectivity index (χ3v) is 6.65. The summed E-state index contributed by atoms with van der Waals surface area (Å²) in [5.74, 6) is 0.974. The fraction of sp³-hybridized carbons (Fsp3) is 0.240. The molecule has 3 heterocycles. The summed E-state index contributed by atoms with van der Waals surface area (Å²) in [5.41, 5.74) is 4.72. The topological polar surface area (TPSA) is 52.8 Å². The van der Waals surface area contributed by atoms with Gasteiger partial charge in [-0.25, -0.2) is 9.97 Å². The van der Waals surface area contributed by atoms with Crippen molar-refractivity contribution < 1.29 is 0 Å². The number of aryl methyl sites for hydroxylation is 1. The third kappa shape index (κ3) is 3.55. The van der Waals surface area contributed by atoms with E-state index in [0.29, 0.717) is 5.57 Å². The van der Waals surface area contributed by atoms with Crippen LogP contribution in [0.3, 0.4) is 0 Å². The Labute approximate surface area is 180 Å². The number of hydrogen-bond donors (Lipinski definition) is 0. The van der Waals surface area contributed by atoms with Crippen LogP contribution in [0.4, 0.5) is 5.82 Å². The molecular formula is C25H22N4S. The third-order valence-electron chi connectivity index (χ3n) is 5.58. The van der Waals surface area contributed by atoms with Gasteiger partial charge < -0.3 is 4.90 Å². The first-order valence-corrected chi connectivity index (χ1v) is 11.2. The number of anilines is 1. The second-order valence-corrected chi connectivity index (χ2v) is 8.83. The maximum absolute atomic E-state index is 9.93. The number of pyridine rings is 1. The van der Waals surface area contributed by atoms with E-state index in [1.807, 2.05) is 30.3 Å². The first-order valence-electron chi connectivity index (χ1n) is 10.4. The van der Waals surface area contributed by atoms with Crippen LogP contribution < -0.4 is 4.90 Å². The molecule has 4 nitrogen and oxygen atoms in total. The number of aromatic nitrogens is 2. The summed E-state index contributed by atoms with van der Waals surface area (Å²) in [5, 5.41) is 11.8. The van der Waals surface area contributed by atoms with E-state index in [9.17, 15) is 5.26 Å². The second kappa shape index (κ2) is 7.89. The molecule has 0 spiro atoms. The molecule has 30 heavy (non-hydrogen) atoms. The van der Waals surface area contributed by atoms with Crippen LogP contribution in [0.15, 0.2) is 48.5 Å². The maximum atomic E-state index is 9.93. The summed E-state index contributed by atoms with van der Waals surface area (Å²) in [6.45, 7) is 4.11. The second-order valence-electron chi connectivity index (χ2n) is 7.80.